The molecule has 6 heteroatoms. The van der Waals surface area contributed by atoms with Crippen LogP contribution in [0.3, 0.4) is 0 Å². The summed E-state index contributed by atoms with van der Waals surface area (Å²) < 4.78 is 34.8. The molecule has 0 N–H and O–H groups in total. The number of hydrogen-bond donors (Lipinski definition) is 0. The number of aromatic nitrogens is 1. The van der Waals surface area contributed by atoms with Crippen LogP contribution in [-0.2, 0) is 11.3 Å². The molecular formula is C17H16BrF2NO2. The molecule has 1 heterocycles. The highest BCUT2D eigenvalue weighted by Crippen LogP contribution is 2.21. The highest BCUT2D eigenvalue weighted by molar-refractivity contribution is 9.10. The molecule has 0 fully saturated rings. The normalized spacial score (nSPS) is 11.2. The predicted octanol–water partition coefficient (Wildman–Crippen LogP) is 4.17. The second-order valence-corrected chi connectivity index (χ2v) is 5.85. The highest BCUT2D eigenvalue weighted by Gasteiger charge is 2.17. The molecule has 0 saturated heterocycles. The van der Waals surface area contributed by atoms with Crippen LogP contribution < -0.4 is 5.43 Å². The van der Waals surface area contributed by atoms with Crippen LogP contribution in [0.25, 0.3) is 6.08 Å². The third-order valence-corrected chi connectivity index (χ3v) is 4.64. The zero-order valence-electron chi connectivity index (χ0n) is 13.0. The van der Waals surface area contributed by atoms with Crippen LogP contribution in [0.2, 0.25) is 0 Å². The van der Waals surface area contributed by atoms with Gasteiger partial charge in [0.15, 0.2) is 0 Å². The summed E-state index contributed by atoms with van der Waals surface area (Å²) >= 11 is 3.26. The number of hydrogen-bond acceptors (Lipinski definition) is 2. The Morgan fingerprint density at radius 1 is 1.22 bits per heavy atom. The van der Waals surface area contributed by atoms with Crippen molar-refractivity contribution in [2.24, 2.45) is 0 Å². The van der Waals surface area contributed by atoms with Crippen molar-refractivity contribution in [2.75, 3.05) is 7.11 Å². The van der Waals surface area contributed by atoms with Gasteiger partial charge in [-0.3, -0.25) is 4.79 Å². The van der Waals surface area contributed by atoms with E-state index >= 15 is 0 Å². The Kier molecular flexibility index (Phi) is 5.36. The van der Waals surface area contributed by atoms with Gasteiger partial charge < -0.3 is 9.30 Å². The summed E-state index contributed by atoms with van der Waals surface area (Å²) in [5.74, 6) is -1.24. The van der Waals surface area contributed by atoms with E-state index in [-0.39, 0.29) is 17.5 Å². The highest BCUT2D eigenvalue weighted by atomic mass is 79.9. The topological polar surface area (TPSA) is 31.2 Å². The lowest BCUT2D eigenvalue weighted by Crippen LogP contribution is -2.21. The molecule has 0 amide bonds. The van der Waals surface area contributed by atoms with Gasteiger partial charge in [0, 0.05) is 22.5 Å². The number of pyridine rings is 1. The van der Waals surface area contributed by atoms with Crippen LogP contribution in [0.15, 0.2) is 33.7 Å². The SMILES string of the molecule is CO/C=C/c1c(C)n(Cc2c(F)cccc2F)c(C)c(Br)c1=O. The molecule has 0 radical (unpaired) electrons. The average molecular weight is 384 g/mol. The van der Waals surface area contributed by atoms with Crippen LogP contribution in [0.5, 0.6) is 0 Å². The summed E-state index contributed by atoms with van der Waals surface area (Å²) in [6.45, 7) is 3.44. The molecule has 122 valence electrons. The van der Waals surface area contributed by atoms with Crippen molar-refractivity contribution in [3.05, 3.63) is 73.3 Å². The van der Waals surface area contributed by atoms with Crippen LogP contribution >= 0.6 is 15.9 Å². The summed E-state index contributed by atoms with van der Waals surface area (Å²) in [4.78, 5) is 12.3. The van der Waals surface area contributed by atoms with E-state index in [2.05, 4.69) is 15.9 Å². The molecular weight excluding hydrogens is 368 g/mol. The van der Waals surface area contributed by atoms with Crippen molar-refractivity contribution in [1.82, 2.24) is 4.57 Å². The molecule has 2 rings (SSSR count). The van der Waals surface area contributed by atoms with Crippen molar-refractivity contribution in [2.45, 2.75) is 20.4 Å². The first-order valence-corrected chi connectivity index (χ1v) is 7.69. The minimum Gasteiger partial charge on any atom is -0.504 e. The first kappa shape index (κ1) is 17.4. The number of halogens is 3. The molecule has 0 aliphatic carbocycles. The lowest BCUT2D eigenvalue weighted by atomic mass is 10.1. The Bertz CT molecular complexity index is 808. The maximum atomic E-state index is 13.9. The van der Waals surface area contributed by atoms with Crippen LogP contribution in [0, 0.1) is 25.5 Å². The molecule has 1 aromatic heterocycles. The predicted molar refractivity (Wildman–Crippen MR) is 89.4 cm³/mol. The van der Waals surface area contributed by atoms with Crippen molar-refractivity contribution in [3.63, 3.8) is 0 Å². The molecule has 23 heavy (non-hydrogen) atoms. The molecule has 3 nitrogen and oxygen atoms in total. The van der Waals surface area contributed by atoms with Gasteiger partial charge >= 0.3 is 0 Å². The van der Waals surface area contributed by atoms with Gasteiger partial charge in [0.2, 0.25) is 5.43 Å². The lowest BCUT2D eigenvalue weighted by Gasteiger charge is -2.19. The fraction of sp³-hybridized carbons (Fsp3) is 0.235. The van der Waals surface area contributed by atoms with E-state index in [4.69, 9.17) is 4.74 Å². The standard InChI is InChI=1S/C17H16BrF2NO2/c1-10-12(7-8-23-3)17(22)16(18)11(2)21(10)9-13-14(19)5-4-6-15(13)20/h4-8H,9H2,1-3H3/b8-7+. The second-order valence-electron chi connectivity index (χ2n) is 5.05. The molecule has 0 spiro atoms. The largest absolute Gasteiger partial charge is 0.504 e. The zero-order valence-corrected chi connectivity index (χ0v) is 14.6. The molecule has 0 aliphatic rings. The maximum absolute atomic E-state index is 13.9. The van der Waals surface area contributed by atoms with Gasteiger partial charge in [-0.1, -0.05) is 6.07 Å². The summed E-state index contributed by atoms with van der Waals surface area (Å²) in [7, 11) is 1.47. The van der Waals surface area contributed by atoms with Gasteiger partial charge in [-0.15, -0.1) is 0 Å². The smallest absolute Gasteiger partial charge is 0.203 e. The van der Waals surface area contributed by atoms with E-state index in [9.17, 15) is 13.6 Å². The van der Waals surface area contributed by atoms with Crippen LogP contribution in [0.1, 0.15) is 22.5 Å². The summed E-state index contributed by atoms with van der Waals surface area (Å²) in [6, 6.07) is 3.75. The Labute approximate surface area is 141 Å². The third kappa shape index (κ3) is 3.37. The van der Waals surface area contributed by atoms with E-state index in [1.165, 1.54) is 37.6 Å². The Morgan fingerprint density at radius 3 is 2.39 bits per heavy atom. The number of nitrogens with zero attached hydrogens (tertiary/aromatic N) is 1. The van der Waals surface area contributed by atoms with Gasteiger partial charge in [-0.05, 0) is 48.0 Å². The quantitative estimate of drug-likeness (QED) is 0.741. The molecule has 0 bridgehead atoms. The van der Waals surface area contributed by atoms with Gasteiger partial charge in [0.05, 0.1) is 24.4 Å². The number of rotatable bonds is 4. The monoisotopic (exact) mass is 383 g/mol. The minimum atomic E-state index is -0.618. The van der Waals surface area contributed by atoms with E-state index < -0.39 is 11.6 Å². The van der Waals surface area contributed by atoms with Gasteiger partial charge in [-0.2, -0.15) is 0 Å². The first-order chi connectivity index (χ1) is 10.9. The van der Waals surface area contributed by atoms with Crippen molar-refractivity contribution < 1.29 is 13.5 Å². The fourth-order valence-electron chi connectivity index (χ4n) is 2.37. The number of benzene rings is 1. The van der Waals surface area contributed by atoms with Crippen molar-refractivity contribution in [1.29, 1.82) is 0 Å². The minimum absolute atomic E-state index is 0.0110. The Morgan fingerprint density at radius 2 is 1.83 bits per heavy atom. The van der Waals surface area contributed by atoms with Crippen LogP contribution in [0.4, 0.5) is 8.78 Å². The molecule has 0 atom stereocenters. The first-order valence-electron chi connectivity index (χ1n) is 6.90. The fourth-order valence-corrected chi connectivity index (χ4v) is 2.80. The summed E-state index contributed by atoms with van der Waals surface area (Å²) in [6.07, 6.45) is 2.93. The van der Waals surface area contributed by atoms with Gasteiger partial charge in [0.1, 0.15) is 11.6 Å². The number of ether oxygens (including phenoxy) is 1. The van der Waals surface area contributed by atoms with E-state index in [1.807, 2.05) is 0 Å². The van der Waals surface area contributed by atoms with Crippen LogP contribution in [-0.4, -0.2) is 11.7 Å². The van der Waals surface area contributed by atoms with E-state index in [0.717, 1.165) is 0 Å². The average Bonchev–Trinajstić information content (AvgIpc) is 2.52. The lowest BCUT2D eigenvalue weighted by molar-refractivity contribution is 0.341. The van der Waals surface area contributed by atoms with Crippen molar-refractivity contribution >= 4 is 22.0 Å². The van der Waals surface area contributed by atoms with Gasteiger partial charge in [-0.25, -0.2) is 8.78 Å². The van der Waals surface area contributed by atoms with Gasteiger partial charge in [0.25, 0.3) is 0 Å². The van der Waals surface area contributed by atoms with Crippen molar-refractivity contribution in [3.8, 4) is 0 Å². The molecule has 2 aromatic rings. The summed E-state index contributed by atoms with van der Waals surface area (Å²) in [5, 5.41) is 0. The molecule has 0 aliphatic heterocycles. The molecule has 1 aromatic carbocycles. The maximum Gasteiger partial charge on any atom is 0.203 e. The Balaban J connectivity index is 2.65. The Hall–Kier alpha value is -1.95. The zero-order chi connectivity index (χ0) is 17.1. The second kappa shape index (κ2) is 7.08. The molecule has 0 unspecified atom stereocenters. The summed E-state index contributed by atoms with van der Waals surface area (Å²) in [5.41, 5.74) is 1.37. The third-order valence-electron chi connectivity index (χ3n) is 3.71. The molecule has 0 saturated carbocycles. The van der Waals surface area contributed by atoms with E-state index in [0.29, 0.717) is 21.4 Å². The van der Waals surface area contributed by atoms with E-state index in [1.54, 1.807) is 18.4 Å². The number of methoxy groups -OCH3 is 1.